The number of carbonyl (C=O) groups excluding carboxylic acids is 1. The van der Waals surface area contributed by atoms with Gasteiger partial charge >= 0.3 is 0 Å². The molecule has 1 amide bonds. The molecule has 0 aromatic carbocycles. The molecule has 160 valence electrons. The summed E-state index contributed by atoms with van der Waals surface area (Å²) in [5, 5.41) is 6.81. The molecule has 3 fully saturated rings. The van der Waals surface area contributed by atoms with Crippen LogP contribution in [0.3, 0.4) is 0 Å². The monoisotopic (exact) mass is 405 g/mol. The Hall–Kier alpha value is -1.97. The molecule has 0 bridgehead atoms. The third kappa shape index (κ3) is 4.79. The number of amides is 1. The standard InChI is InChI=1S/C20H31N5O4/c1-27-15-4-2-13(3-5-15)24-19-22-12-16(17(21)26)18(25-19)23-14-6-8-20(9-7-14)28-10-11-29-20/h12-15H,2-11H2,1H3,(H2,21,26)(H2,22,23,24,25). The predicted molar refractivity (Wildman–Crippen MR) is 108 cm³/mol. The largest absolute Gasteiger partial charge is 0.381 e. The molecule has 9 heteroatoms. The van der Waals surface area contributed by atoms with Crippen LogP contribution in [-0.4, -0.2) is 60.2 Å². The highest BCUT2D eigenvalue weighted by molar-refractivity contribution is 5.97. The minimum absolute atomic E-state index is 0.186. The molecule has 29 heavy (non-hydrogen) atoms. The van der Waals surface area contributed by atoms with Gasteiger partial charge in [0.1, 0.15) is 5.82 Å². The number of nitrogens with zero attached hydrogens (tertiary/aromatic N) is 2. The van der Waals surface area contributed by atoms with Crippen LogP contribution in [-0.2, 0) is 14.2 Å². The predicted octanol–water partition coefficient (Wildman–Crippen LogP) is 2.04. The summed E-state index contributed by atoms with van der Waals surface area (Å²) in [5.74, 6) is 0.0710. The zero-order valence-electron chi connectivity index (χ0n) is 17.0. The molecule has 1 saturated heterocycles. The summed E-state index contributed by atoms with van der Waals surface area (Å²) in [7, 11) is 1.76. The number of nitrogens with two attached hydrogens (primary N) is 1. The van der Waals surface area contributed by atoms with Gasteiger partial charge in [-0.15, -0.1) is 0 Å². The number of methoxy groups -OCH3 is 1. The van der Waals surface area contributed by atoms with E-state index in [9.17, 15) is 4.79 Å². The van der Waals surface area contributed by atoms with Crippen LogP contribution < -0.4 is 16.4 Å². The van der Waals surface area contributed by atoms with Crippen LogP contribution in [0.2, 0.25) is 0 Å². The molecule has 1 aromatic rings. The third-order valence-corrected chi connectivity index (χ3v) is 6.30. The number of hydrogen-bond acceptors (Lipinski definition) is 8. The fourth-order valence-electron chi connectivity index (χ4n) is 4.55. The van der Waals surface area contributed by atoms with Gasteiger partial charge in [0.05, 0.1) is 24.9 Å². The normalized spacial score (nSPS) is 27.1. The fraction of sp³-hybridized carbons (Fsp3) is 0.750. The Morgan fingerprint density at radius 1 is 1.10 bits per heavy atom. The Morgan fingerprint density at radius 2 is 1.76 bits per heavy atom. The fourth-order valence-corrected chi connectivity index (χ4v) is 4.55. The maximum atomic E-state index is 11.9. The van der Waals surface area contributed by atoms with Crippen molar-refractivity contribution in [2.45, 2.75) is 75.3 Å². The van der Waals surface area contributed by atoms with Crippen LogP contribution in [0.25, 0.3) is 0 Å². The van der Waals surface area contributed by atoms with E-state index in [1.165, 1.54) is 6.20 Å². The molecule has 1 aromatic heterocycles. The van der Waals surface area contributed by atoms with E-state index < -0.39 is 11.7 Å². The highest BCUT2D eigenvalue weighted by atomic mass is 16.7. The van der Waals surface area contributed by atoms with Gasteiger partial charge in [0.2, 0.25) is 5.95 Å². The van der Waals surface area contributed by atoms with E-state index in [0.29, 0.717) is 42.7 Å². The summed E-state index contributed by atoms with van der Waals surface area (Å²) >= 11 is 0. The van der Waals surface area contributed by atoms with Crippen molar-refractivity contribution >= 4 is 17.7 Å². The van der Waals surface area contributed by atoms with E-state index in [1.807, 2.05) is 0 Å². The number of carbonyl (C=O) groups is 1. The maximum Gasteiger partial charge on any atom is 0.254 e. The number of aromatic nitrogens is 2. The number of primary amides is 1. The van der Waals surface area contributed by atoms with Gasteiger partial charge in [0.25, 0.3) is 5.91 Å². The summed E-state index contributed by atoms with van der Waals surface area (Å²) in [6.45, 7) is 1.33. The van der Waals surface area contributed by atoms with Crippen LogP contribution in [0.15, 0.2) is 6.20 Å². The molecule has 4 rings (SSSR count). The molecule has 2 heterocycles. The quantitative estimate of drug-likeness (QED) is 0.658. The SMILES string of the molecule is COC1CCC(Nc2ncc(C(N)=O)c(NC3CCC4(CC3)OCCO4)n2)CC1. The lowest BCUT2D eigenvalue weighted by molar-refractivity contribution is -0.177. The number of ether oxygens (including phenoxy) is 3. The first-order valence-corrected chi connectivity index (χ1v) is 10.6. The number of rotatable bonds is 6. The van der Waals surface area contributed by atoms with Crippen molar-refractivity contribution in [3.63, 3.8) is 0 Å². The second-order valence-electron chi connectivity index (χ2n) is 8.20. The van der Waals surface area contributed by atoms with E-state index >= 15 is 0 Å². The van der Waals surface area contributed by atoms with Crippen molar-refractivity contribution in [2.75, 3.05) is 31.0 Å². The van der Waals surface area contributed by atoms with Crippen LogP contribution in [0, 0.1) is 0 Å². The van der Waals surface area contributed by atoms with Gasteiger partial charge in [-0.3, -0.25) is 4.79 Å². The van der Waals surface area contributed by atoms with Crippen molar-refractivity contribution in [1.29, 1.82) is 0 Å². The average Bonchev–Trinajstić information content (AvgIpc) is 3.18. The van der Waals surface area contributed by atoms with Crippen molar-refractivity contribution < 1.29 is 19.0 Å². The molecule has 0 atom stereocenters. The zero-order valence-corrected chi connectivity index (χ0v) is 17.0. The lowest BCUT2D eigenvalue weighted by Crippen LogP contribution is -2.39. The molecule has 1 spiro atoms. The molecule has 2 saturated carbocycles. The zero-order chi connectivity index (χ0) is 20.3. The molecule has 9 nitrogen and oxygen atoms in total. The second-order valence-corrected chi connectivity index (χ2v) is 8.20. The Bertz CT molecular complexity index is 707. The van der Waals surface area contributed by atoms with Crippen molar-refractivity contribution in [3.05, 3.63) is 11.8 Å². The minimum atomic E-state index is -0.533. The number of anilines is 2. The van der Waals surface area contributed by atoms with Crippen molar-refractivity contribution in [1.82, 2.24) is 9.97 Å². The smallest absolute Gasteiger partial charge is 0.254 e. The molecule has 4 N–H and O–H groups in total. The summed E-state index contributed by atoms with van der Waals surface area (Å²) < 4.78 is 17.0. The van der Waals surface area contributed by atoms with Gasteiger partial charge in [-0.25, -0.2) is 4.98 Å². The lowest BCUT2D eigenvalue weighted by atomic mass is 9.90. The first kappa shape index (κ1) is 20.3. The second kappa shape index (κ2) is 8.81. The molecule has 1 aliphatic heterocycles. The maximum absolute atomic E-state index is 11.9. The summed E-state index contributed by atoms with van der Waals surface area (Å²) in [5.41, 5.74) is 5.86. The van der Waals surface area contributed by atoms with Crippen molar-refractivity contribution in [2.24, 2.45) is 5.73 Å². The molecular weight excluding hydrogens is 374 g/mol. The Labute approximate surface area is 171 Å². The number of hydrogen-bond donors (Lipinski definition) is 3. The van der Waals surface area contributed by atoms with Gasteiger partial charge in [-0.05, 0) is 38.5 Å². The molecule has 2 aliphatic carbocycles. The minimum Gasteiger partial charge on any atom is -0.381 e. The molecule has 3 aliphatic rings. The van der Waals surface area contributed by atoms with Gasteiger partial charge in [0.15, 0.2) is 5.79 Å². The Morgan fingerprint density at radius 3 is 2.38 bits per heavy atom. The van der Waals surface area contributed by atoms with E-state index in [1.54, 1.807) is 7.11 Å². The van der Waals surface area contributed by atoms with E-state index in [-0.39, 0.29) is 6.04 Å². The molecule has 0 unspecified atom stereocenters. The van der Waals surface area contributed by atoms with Crippen LogP contribution in [0.1, 0.15) is 61.7 Å². The summed E-state index contributed by atoms with van der Waals surface area (Å²) in [6.07, 6.45) is 9.32. The van der Waals surface area contributed by atoms with Gasteiger partial charge in [-0.1, -0.05) is 0 Å². The third-order valence-electron chi connectivity index (χ3n) is 6.30. The summed E-state index contributed by atoms with van der Waals surface area (Å²) in [4.78, 5) is 20.8. The first-order valence-electron chi connectivity index (χ1n) is 10.6. The Kier molecular flexibility index (Phi) is 6.17. The highest BCUT2D eigenvalue weighted by Crippen LogP contribution is 2.36. The van der Waals surface area contributed by atoms with Crippen molar-refractivity contribution in [3.8, 4) is 0 Å². The van der Waals surface area contributed by atoms with Gasteiger partial charge in [-0.2, -0.15) is 4.98 Å². The lowest BCUT2D eigenvalue weighted by Gasteiger charge is -2.36. The highest BCUT2D eigenvalue weighted by Gasteiger charge is 2.40. The van der Waals surface area contributed by atoms with Crippen LogP contribution >= 0.6 is 0 Å². The average molecular weight is 405 g/mol. The van der Waals surface area contributed by atoms with E-state index in [4.69, 9.17) is 19.9 Å². The van der Waals surface area contributed by atoms with Crippen LogP contribution in [0.5, 0.6) is 0 Å². The Balaban J connectivity index is 1.40. The molecule has 0 radical (unpaired) electrons. The van der Waals surface area contributed by atoms with Gasteiger partial charge < -0.3 is 30.6 Å². The first-order chi connectivity index (χ1) is 14.1. The van der Waals surface area contributed by atoms with Gasteiger partial charge in [0, 0.05) is 38.2 Å². The van der Waals surface area contributed by atoms with E-state index in [0.717, 1.165) is 51.4 Å². The molecular formula is C20H31N5O4. The summed E-state index contributed by atoms with van der Waals surface area (Å²) in [6, 6.07) is 0.492. The number of nitrogens with one attached hydrogen (secondary N) is 2. The van der Waals surface area contributed by atoms with E-state index in [2.05, 4.69) is 20.6 Å². The van der Waals surface area contributed by atoms with Crippen LogP contribution in [0.4, 0.5) is 11.8 Å². The topological polar surface area (TPSA) is 121 Å².